The van der Waals surface area contributed by atoms with Gasteiger partial charge in [0, 0.05) is 30.9 Å². The van der Waals surface area contributed by atoms with Crippen LogP contribution in [0.2, 0.25) is 0 Å². The number of nitrogen functional groups attached to an aromatic ring is 1. The fraction of sp³-hybridized carbons (Fsp3) is 0.308. The summed E-state index contributed by atoms with van der Waals surface area (Å²) in [6.07, 6.45) is 4.95. The van der Waals surface area contributed by atoms with E-state index in [1.54, 1.807) is 12.1 Å². The van der Waals surface area contributed by atoms with Gasteiger partial charge in [0.15, 0.2) is 5.82 Å². The van der Waals surface area contributed by atoms with E-state index < -0.39 is 5.82 Å². The van der Waals surface area contributed by atoms with Crippen LogP contribution in [0.3, 0.4) is 0 Å². The largest absolute Gasteiger partial charge is 0.384 e. The zero-order valence-corrected chi connectivity index (χ0v) is 10.4. The first-order chi connectivity index (χ1) is 9.24. The van der Waals surface area contributed by atoms with Crippen LogP contribution in [0.4, 0.5) is 16.2 Å². The molecule has 2 aromatic heterocycles. The third-order valence-electron chi connectivity index (χ3n) is 3.17. The van der Waals surface area contributed by atoms with E-state index in [1.807, 2.05) is 0 Å². The first-order valence-electron chi connectivity index (χ1n) is 6.23. The maximum Gasteiger partial charge on any atom is 0.227 e. The predicted molar refractivity (Wildman–Crippen MR) is 71.1 cm³/mol. The number of hydrogen-bond donors (Lipinski definition) is 1. The maximum atomic E-state index is 13.7. The molecule has 1 aliphatic heterocycles. The van der Waals surface area contributed by atoms with E-state index >= 15 is 0 Å². The summed E-state index contributed by atoms with van der Waals surface area (Å²) in [6.45, 7) is 1.84. The van der Waals surface area contributed by atoms with Crippen LogP contribution in [0.5, 0.6) is 0 Å². The van der Waals surface area contributed by atoms with Crippen LogP contribution < -0.4 is 10.6 Å². The van der Waals surface area contributed by atoms with Crippen molar-refractivity contribution in [2.45, 2.75) is 12.8 Å². The lowest BCUT2D eigenvalue weighted by atomic mass is 10.2. The summed E-state index contributed by atoms with van der Waals surface area (Å²) in [5.74, 6) is 0.514. The zero-order chi connectivity index (χ0) is 13.2. The van der Waals surface area contributed by atoms with E-state index in [0.29, 0.717) is 23.0 Å². The first kappa shape index (κ1) is 11.8. The lowest BCUT2D eigenvalue weighted by Gasteiger charge is -2.16. The minimum absolute atomic E-state index is 0.350. The van der Waals surface area contributed by atoms with Gasteiger partial charge in [-0.15, -0.1) is 0 Å². The molecule has 0 radical (unpaired) electrons. The van der Waals surface area contributed by atoms with E-state index in [0.717, 1.165) is 25.9 Å². The number of hydrogen-bond acceptors (Lipinski definition) is 5. The van der Waals surface area contributed by atoms with Crippen LogP contribution in [0.25, 0.3) is 11.3 Å². The van der Waals surface area contributed by atoms with Crippen molar-refractivity contribution in [3.05, 3.63) is 30.3 Å². The standard InChI is InChI=1S/C13H14FN5/c14-10-8-16-4-3-9(10)11-7-12(15)18-13(17-11)19-5-1-2-6-19/h3-4,7-8H,1-2,5-6H2,(H2,15,17,18). The minimum Gasteiger partial charge on any atom is -0.384 e. The Morgan fingerprint density at radius 3 is 2.74 bits per heavy atom. The maximum absolute atomic E-state index is 13.7. The van der Waals surface area contributed by atoms with Crippen LogP contribution in [0, 0.1) is 5.82 Å². The summed E-state index contributed by atoms with van der Waals surface area (Å²) in [5.41, 5.74) is 6.69. The molecule has 1 aliphatic rings. The second-order valence-electron chi connectivity index (χ2n) is 4.53. The molecule has 0 atom stereocenters. The third kappa shape index (κ3) is 2.33. The van der Waals surface area contributed by atoms with Gasteiger partial charge in [0.2, 0.25) is 5.95 Å². The Hall–Kier alpha value is -2.24. The van der Waals surface area contributed by atoms with Crippen LogP contribution >= 0.6 is 0 Å². The number of nitrogens with zero attached hydrogens (tertiary/aromatic N) is 4. The summed E-state index contributed by atoms with van der Waals surface area (Å²) in [6, 6.07) is 3.17. The van der Waals surface area contributed by atoms with Crippen molar-refractivity contribution < 1.29 is 4.39 Å². The molecule has 0 aromatic carbocycles. The van der Waals surface area contributed by atoms with Crippen LogP contribution in [0.1, 0.15) is 12.8 Å². The van der Waals surface area contributed by atoms with E-state index in [-0.39, 0.29) is 0 Å². The molecule has 6 heteroatoms. The van der Waals surface area contributed by atoms with Gasteiger partial charge in [0.05, 0.1) is 11.9 Å². The Bertz CT molecular complexity index is 595. The average Bonchev–Trinajstić information content (AvgIpc) is 2.92. The van der Waals surface area contributed by atoms with E-state index in [2.05, 4.69) is 19.9 Å². The van der Waals surface area contributed by atoms with Gasteiger partial charge in [-0.3, -0.25) is 4.98 Å². The SMILES string of the molecule is Nc1cc(-c2ccncc2F)nc(N2CCCC2)n1. The lowest BCUT2D eigenvalue weighted by Crippen LogP contribution is -2.21. The molecule has 2 N–H and O–H groups in total. The fourth-order valence-electron chi connectivity index (χ4n) is 2.23. The molecule has 0 bridgehead atoms. The third-order valence-corrected chi connectivity index (χ3v) is 3.17. The van der Waals surface area contributed by atoms with Gasteiger partial charge in [0.25, 0.3) is 0 Å². The molecule has 98 valence electrons. The first-order valence-corrected chi connectivity index (χ1v) is 6.23. The summed E-state index contributed by atoms with van der Waals surface area (Å²) in [7, 11) is 0. The highest BCUT2D eigenvalue weighted by molar-refractivity contribution is 5.64. The highest BCUT2D eigenvalue weighted by Crippen LogP contribution is 2.25. The fourth-order valence-corrected chi connectivity index (χ4v) is 2.23. The summed E-state index contributed by atoms with van der Waals surface area (Å²) in [4.78, 5) is 14.4. The highest BCUT2D eigenvalue weighted by Gasteiger charge is 2.17. The van der Waals surface area contributed by atoms with E-state index in [4.69, 9.17) is 5.73 Å². The van der Waals surface area contributed by atoms with Crippen molar-refractivity contribution in [2.75, 3.05) is 23.7 Å². The van der Waals surface area contributed by atoms with Crippen molar-refractivity contribution in [3.8, 4) is 11.3 Å². The molecule has 0 saturated carbocycles. The Morgan fingerprint density at radius 1 is 1.21 bits per heavy atom. The van der Waals surface area contributed by atoms with E-state index in [1.165, 1.54) is 12.4 Å². The molecule has 1 fully saturated rings. The average molecular weight is 259 g/mol. The van der Waals surface area contributed by atoms with E-state index in [9.17, 15) is 4.39 Å². The van der Waals surface area contributed by atoms with Gasteiger partial charge in [0.1, 0.15) is 5.82 Å². The van der Waals surface area contributed by atoms with Crippen LogP contribution in [-0.4, -0.2) is 28.0 Å². The number of rotatable bonds is 2. The molecule has 2 aromatic rings. The second kappa shape index (κ2) is 4.79. The summed E-state index contributed by atoms with van der Waals surface area (Å²) in [5, 5.41) is 0. The molecule has 19 heavy (non-hydrogen) atoms. The molecule has 0 amide bonds. The predicted octanol–water partition coefficient (Wildman–Crippen LogP) is 1.86. The van der Waals surface area contributed by atoms with Gasteiger partial charge >= 0.3 is 0 Å². The van der Waals surface area contributed by atoms with Crippen LogP contribution in [-0.2, 0) is 0 Å². The zero-order valence-electron chi connectivity index (χ0n) is 10.4. The minimum atomic E-state index is -0.409. The van der Waals surface area contributed by atoms with Crippen molar-refractivity contribution in [2.24, 2.45) is 0 Å². The Kier molecular flexibility index (Phi) is 2.98. The summed E-state index contributed by atoms with van der Waals surface area (Å²) >= 11 is 0. The molecule has 1 saturated heterocycles. The van der Waals surface area contributed by atoms with Crippen molar-refractivity contribution in [1.82, 2.24) is 15.0 Å². The number of pyridine rings is 1. The van der Waals surface area contributed by atoms with Crippen LogP contribution in [0.15, 0.2) is 24.5 Å². The van der Waals surface area contributed by atoms with Gasteiger partial charge < -0.3 is 10.6 Å². The Labute approximate surface area is 110 Å². The number of anilines is 2. The Morgan fingerprint density at radius 2 is 2.00 bits per heavy atom. The number of nitrogens with two attached hydrogens (primary N) is 1. The molecule has 3 heterocycles. The molecule has 3 rings (SSSR count). The number of halogens is 1. The van der Waals surface area contributed by atoms with Gasteiger partial charge in [-0.25, -0.2) is 9.37 Å². The monoisotopic (exact) mass is 259 g/mol. The normalized spacial score (nSPS) is 14.9. The topological polar surface area (TPSA) is 67.9 Å². The molecular formula is C13H14FN5. The molecular weight excluding hydrogens is 245 g/mol. The second-order valence-corrected chi connectivity index (χ2v) is 4.53. The van der Waals surface area contributed by atoms with Crippen molar-refractivity contribution in [3.63, 3.8) is 0 Å². The lowest BCUT2D eigenvalue weighted by molar-refractivity contribution is 0.624. The smallest absolute Gasteiger partial charge is 0.227 e. The Balaban J connectivity index is 2.04. The molecule has 5 nitrogen and oxygen atoms in total. The van der Waals surface area contributed by atoms with Crippen molar-refractivity contribution in [1.29, 1.82) is 0 Å². The van der Waals surface area contributed by atoms with Gasteiger partial charge in [-0.2, -0.15) is 4.98 Å². The van der Waals surface area contributed by atoms with Crippen molar-refractivity contribution >= 4 is 11.8 Å². The van der Waals surface area contributed by atoms with Gasteiger partial charge in [-0.1, -0.05) is 0 Å². The summed E-state index contributed by atoms with van der Waals surface area (Å²) < 4.78 is 13.7. The highest BCUT2D eigenvalue weighted by atomic mass is 19.1. The number of aromatic nitrogens is 3. The molecule has 0 spiro atoms. The molecule has 0 unspecified atom stereocenters. The molecule has 0 aliphatic carbocycles. The van der Waals surface area contributed by atoms with Gasteiger partial charge in [-0.05, 0) is 18.9 Å². The quantitative estimate of drug-likeness (QED) is 0.891.